The minimum Gasteiger partial charge on any atom is -0.346 e. The molecule has 2 N–H and O–H groups in total. The Morgan fingerprint density at radius 2 is 1.87 bits per heavy atom. The molecule has 2 aromatic heterocycles. The van der Waals surface area contributed by atoms with Gasteiger partial charge in [-0.15, -0.1) is 10.2 Å². The maximum Gasteiger partial charge on any atom is 0.282 e. The first kappa shape index (κ1) is 21.1. The number of aryl methyl sites for hydroxylation is 2. The fraction of sp³-hybridized carbons (Fsp3) is 0.304. The first-order valence-electron chi connectivity index (χ1n) is 10.4. The Morgan fingerprint density at radius 3 is 2.65 bits per heavy atom. The van der Waals surface area contributed by atoms with E-state index >= 15 is 0 Å². The van der Waals surface area contributed by atoms with Crippen molar-refractivity contribution < 1.29 is 4.79 Å². The number of fused-ring (bicyclic) bond motifs is 1. The van der Waals surface area contributed by atoms with Gasteiger partial charge in [0, 0.05) is 13.1 Å². The van der Waals surface area contributed by atoms with E-state index in [1.807, 2.05) is 49.4 Å². The highest BCUT2D eigenvalue weighted by atomic mass is 32.1. The second-order valence-corrected chi connectivity index (χ2v) is 8.54. The zero-order valence-electron chi connectivity index (χ0n) is 17.9. The van der Waals surface area contributed by atoms with E-state index in [1.54, 1.807) is 0 Å². The van der Waals surface area contributed by atoms with E-state index in [2.05, 4.69) is 45.3 Å². The summed E-state index contributed by atoms with van der Waals surface area (Å²) < 4.78 is 2.22. The standard InChI is InChI=1S/C23H26N6OS/c1-4-29-19-8-6-5-7-18(19)26-21(29)16(3)24-14-20-27-28-23(31-20)22(30)25-13-17-11-9-15(2)10-12-17/h5-12,16,24H,4,13-14H2,1-3H3,(H,25,30). The van der Waals surface area contributed by atoms with E-state index in [0.717, 1.165) is 34.0 Å². The van der Waals surface area contributed by atoms with Crippen molar-refractivity contribution in [3.05, 3.63) is 75.5 Å². The van der Waals surface area contributed by atoms with Crippen LogP contribution in [0, 0.1) is 6.92 Å². The molecule has 0 radical (unpaired) electrons. The first-order chi connectivity index (χ1) is 15.0. The van der Waals surface area contributed by atoms with Gasteiger partial charge in [0.25, 0.3) is 5.91 Å². The Labute approximate surface area is 185 Å². The molecule has 1 unspecified atom stereocenters. The molecule has 2 aromatic carbocycles. The average Bonchev–Trinajstić information content (AvgIpc) is 3.41. The number of para-hydroxylation sites is 2. The Morgan fingerprint density at radius 1 is 1.10 bits per heavy atom. The monoisotopic (exact) mass is 434 g/mol. The number of aromatic nitrogens is 4. The Bertz CT molecular complexity index is 1180. The molecule has 160 valence electrons. The Kier molecular flexibility index (Phi) is 6.39. The molecule has 0 aliphatic carbocycles. The first-order valence-corrected chi connectivity index (χ1v) is 11.2. The van der Waals surface area contributed by atoms with E-state index in [9.17, 15) is 4.79 Å². The molecule has 0 bridgehead atoms. The summed E-state index contributed by atoms with van der Waals surface area (Å²) in [6, 6.07) is 16.3. The number of carbonyl (C=O) groups excluding carboxylic acids is 1. The van der Waals surface area contributed by atoms with Gasteiger partial charge in [0.15, 0.2) is 0 Å². The van der Waals surface area contributed by atoms with E-state index in [1.165, 1.54) is 16.9 Å². The minimum atomic E-state index is -0.204. The number of nitrogens with one attached hydrogen (secondary N) is 2. The third-order valence-corrected chi connectivity index (χ3v) is 6.10. The van der Waals surface area contributed by atoms with Crippen LogP contribution < -0.4 is 10.6 Å². The third kappa shape index (κ3) is 4.81. The number of nitrogens with zero attached hydrogens (tertiary/aromatic N) is 4. The van der Waals surface area contributed by atoms with Gasteiger partial charge in [0.1, 0.15) is 10.8 Å². The summed E-state index contributed by atoms with van der Waals surface area (Å²) >= 11 is 1.31. The number of carbonyl (C=O) groups is 1. The maximum absolute atomic E-state index is 12.4. The van der Waals surface area contributed by atoms with E-state index in [0.29, 0.717) is 18.1 Å². The van der Waals surface area contributed by atoms with Crippen LogP contribution in [0.4, 0.5) is 0 Å². The third-order valence-electron chi connectivity index (χ3n) is 5.18. The fourth-order valence-electron chi connectivity index (χ4n) is 3.47. The predicted molar refractivity (Wildman–Crippen MR) is 123 cm³/mol. The molecule has 0 aliphatic heterocycles. The summed E-state index contributed by atoms with van der Waals surface area (Å²) in [5, 5.41) is 15.7. The van der Waals surface area contributed by atoms with Crippen molar-refractivity contribution in [2.45, 2.75) is 46.4 Å². The molecule has 0 aliphatic rings. The van der Waals surface area contributed by atoms with Gasteiger partial charge >= 0.3 is 0 Å². The molecule has 8 heteroatoms. The molecule has 1 atom stereocenters. The SMILES string of the molecule is CCn1c(C(C)NCc2nnc(C(=O)NCc3ccc(C)cc3)s2)nc2ccccc21. The number of hydrogen-bond acceptors (Lipinski definition) is 6. The van der Waals surface area contributed by atoms with Crippen LogP contribution in [0.15, 0.2) is 48.5 Å². The second kappa shape index (κ2) is 9.36. The van der Waals surface area contributed by atoms with Gasteiger partial charge in [-0.05, 0) is 38.5 Å². The molecule has 4 aromatic rings. The molecular formula is C23H26N6OS. The summed E-state index contributed by atoms with van der Waals surface area (Å²) in [6.45, 7) is 8.09. The number of hydrogen-bond donors (Lipinski definition) is 2. The fourth-order valence-corrected chi connectivity index (χ4v) is 4.18. The topological polar surface area (TPSA) is 84.7 Å². The van der Waals surface area contributed by atoms with Gasteiger partial charge in [0.2, 0.25) is 5.01 Å². The van der Waals surface area contributed by atoms with Crippen LogP contribution in [0.5, 0.6) is 0 Å². The summed E-state index contributed by atoms with van der Waals surface area (Å²) in [5.41, 5.74) is 4.38. The number of amides is 1. The molecule has 0 fully saturated rings. The van der Waals surface area contributed by atoms with Crippen LogP contribution in [-0.4, -0.2) is 25.7 Å². The van der Waals surface area contributed by atoms with Crippen LogP contribution in [0.1, 0.15) is 51.7 Å². The van der Waals surface area contributed by atoms with Crippen LogP contribution >= 0.6 is 11.3 Å². The van der Waals surface area contributed by atoms with Gasteiger partial charge in [-0.2, -0.15) is 0 Å². The highest BCUT2D eigenvalue weighted by molar-refractivity contribution is 7.13. The summed E-state index contributed by atoms with van der Waals surface area (Å²) in [7, 11) is 0. The van der Waals surface area contributed by atoms with Crippen molar-refractivity contribution in [2.24, 2.45) is 0 Å². The maximum atomic E-state index is 12.4. The van der Waals surface area contributed by atoms with Gasteiger partial charge in [-0.25, -0.2) is 4.98 Å². The van der Waals surface area contributed by atoms with Crippen molar-refractivity contribution in [3.63, 3.8) is 0 Å². The smallest absolute Gasteiger partial charge is 0.282 e. The second-order valence-electron chi connectivity index (χ2n) is 7.47. The predicted octanol–water partition coefficient (Wildman–Crippen LogP) is 4.00. The summed E-state index contributed by atoms with van der Waals surface area (Å²) in [4.78, 5) is 17.2. The van der Waals surface area contributed by atoms with E-state index < -0.39 is 0 Å². The highest BCUT2D eigenvalue weighted by Gasteiger charge is 2.17. The normalized spacial score (nSPS) is 12.2. The summed E-state index contributed by atoms with van der Waals surface area (Å²) in [5.74, 6) is 0.787. The molecule has 7 nitrogen and oxygen atoms in total. The lowest BCUT2D eigenvalue weighted by Crippen LogP contribution is -2.22. The molecule has 2 heterocycles. The van der Waals surface area contributed by atoms with Crippen molar-refractivity contribution in [2.75, 3.05) is 0 Å². The number of imidazole rings is 1. The van der Waals surface area contributed by atoms with E-state index in [-0.39, 0.29) is 11.9 Å². The van der Waals surface area contributed by atoms with Crippen molar-refractivity contribution >= 4 is 28.3 Å². The van der Waals surface area contributed by atoms with Gasteiger partial charge < -0.3 is 15.2 Å². The lowest BCUT2D eigenvalue weighted by Gasteiger charge is -2.14. The van der Waals surface area contributed by atoms with Gasteiger partial charge in [-0.1, -0.05) is 53.3 Å². The zero-order valence-corrected chi connectivity index (χ0v) is 18.7. The van der Waals surface area contributed by atoms with Crippen molar-refractivity contribution in [1.82, 2.24) is 30.4 Å². The number of benzene rings is 2. The van der Waals surface area contributed by atoms with Crippen molar-refractivity contribution in [1.29, 1.82) is 0 Å². The van der Waals surface area contributed by atoms with E-state index in [4.69, 9.17) is 4.98 Å². The quantitative estimate of drug-likeness (QED) is 0.438. The van der Waals surface area contributed by atoms with Crippen LogP contribution in [0.3, 0.4) is 0 Å². The van der Waals surface area contributed by atoms with Gasteiger partial charge in [-0.3, -0.25) is 4.79 Å². The lowest BCUT2D eigenvalue weighted by atomic mass is 10.1. The van der Waals surface area contributed by atoms with Crippen molar-refractivity contribution in [3.8, 4) is 0 Å². The lowest BCUT2D eigenvalue weighted by molar-refractivity contribution is 0.0950. The largest absolute Gasteiger partial charge is 0.346 e. The van der Waals surface area contributed by atoms with Gasteiger partial charge in [0.05, 0.1) is 23.6 Å². The Hall–Kier alpha value is -3.10. The molecule has 0 saturated carbocycles. The molecular weight excluding hydrogens is 408 g/mol. The average molecular weight is 435 g/mol. The van der Waals surface area contributed by atoms with Crippen LogP contribution in [-0.2, 0) is 19.6 Å². The Balaban J connectivity index is 1.35. The molecule has 1 amide bonds. The van der Waals surface area contributed by atoms with Crippen LogP contribution in [0.25, 0.3) is 11.0 Å². The minimum absolute atomic E-state index is 0.0371. The number of rotatable bonds is 8. The molecule has 0 spiro atoms. The molecule has 4 rings (SSSR count). The molecule has 0 saturated heterocycles. The summed E-state index contributed by atoms with van der Waals surface area (Å²) in [6.07, 6.45) is 0. The highest BCUT2D eigenvalue weighted by Crippen LogP contribution is 2.21. The van der Waals surface area contributed by atoms with Crippen LogP contribution in [0.2, 0.25) is 0 Å². The zero-order chi connectivity index (χ0) is 21.8. The molecule has 31 heavy (non-hydrogen) atoms.